The van der Waals surface area contributed by atoms with Crippen LogP contribution in [-0.4, -0.2) is 27.6 Å². The van der Waals surface area contributed by atoms with Crippen molar-refractivity contribution in [1.29, 1.82) is 0 Å². The summed E-state index contributed by atoms with van der Waals surface area (Å²) in [6.07, 6.45) is 0.524. The third-order valence-corrected chi connectivity index (χ3v) is 6.70. The van der Waals surface area contributed by atoms with Gasteiger partial charge >= 0.3 is 5.69 Å². The molecule has 0 bridgehead atoms. The van der Waals surface area contributed by atoms with Gasteiger partial charge in [-0.15, -0.1) is 11.3 Å². The number of anilines is 1. The number of hydrogen-bond donors (Lipinski definition) is 1. The molecule has 1 aliphatic heterocycles. The van der Waals surface area contributed by atoms with Gasteiger partial charge in [0, 0.05) is 23.1 Å². The number of ether oxygens (including phenoxy) is 2. The zero-order chi connectivity index (χ0) is 24.5. The van der Waals surface area contributed by atoms with Crippen LogP contribution in [0.25, 0.3) is 10.9 Å². The normalized spacial score (nSPS) is 12.1. The van der Waals surface area contributed by atoms with Gasteiger partial charge in [0.05, 0.1) is 16.6 Å². The van der Waals surface area contributed by atoms with Crippen LogP contribution in [0.3, 0.4) is 0 Å². The molecular formula is C25H21N3O6S. The second-order valence-corrected chi connectivity index (χ2v) is 9.06. The number of amides is 1. The Morgan fingerprint density at radius 3 is 2.54 bits per heavy atom. The van der Waals surface area contributed by atoms with Gasteiger partial charge in [0.2, 0.25) is 12.7 Å². The molecule has 9 nitrogen and oxygen atoms in total. The molecule has 0 atom stereocenters. The fraction of sp³-hybridized carbons (Fsp3) is 0.200. The quantitative estimate of drug-likeness (QED) is 0.398. The molecule has 0 spiro atoms. The first-order valence-corrected chi connectivity index (χ1v) is 11.8. The van der Waals surface area contributed by atoms with E-state index in [4.69, 9.17) is 9.47 Å². The molecule has 0 unspecified atom stereocenters. The number of carbonyl (C=O) groups excluding carboxylic acids is 2. The molecule has 35 heavy (non-hydrogen) atoms. The van der Waals surface area contributed by atoms with Crippen molar-refractivity contribution >= 4 is 39.6 Å². The van der Waals surface area contributed by atoms with Crippen LogP contribution >= 0.6 is 11.3 Å². The van der Waals surface area contributed by atoms with Crippen LogP contribution < -0.4 is 26.0 Å². The molecule has 0 aliphatic carbocycles. The van der Waals surface area contributed by atoms with Crippen LogP contribution in [0, 0.1) is 0 Å². The van der Waals surface area contributed by atoms with Crippen molar-refractivity contribution in [3.05, 3.63) is 85.2 Å². The van der Waals surface area contributed by atoms with Crippen LogP contribution in [-0.2, 0) is 24.3 Å². The Labute approximate surface area is 203 Å². The monoisotopic (exact) mass is 491 g/mol. The Balaban J connectivity index is 1.49. The van der Waals surface area contributed by atoms with E-state index in [1.165, 1.54) is 23.6 Å². The van der Waals surface area contributed by atoms with Crippen molar-refractivity contribution in [2.75, 3.05) is 12.1 Å². The topological polar surface area (TPSA) is 109 Å². The van der Waals surface area contributed by atoms with Crippen molar-refractivity contribution in [3.8, 4) is 11.5 Å². The van der Waals surface area contributed by atoms with Crippen LogP contribution in [0.4, 0.5) is 5.69 Å². The van der Waals surface area contributed by atoms with Crippen molar-refractivity contribution in [2.24, 2.45) is 0 Å². The number of nitrogens with zero attached hydrogens (tertiary/aromatic N) is 2. The SMILES string of the molecule is CC(=O)c1cc2c(cc1NC(=O)Cn1c(=O)n(CCc3cccs3)c(=O)c3ccccc31)OCO2. The fourth-order valence-electron chi connectivity index (χ4n) is 4.07. The molecule has 3 heterocycles. The Morgan fingerprint density at radius 1 is 1.03 bits per heavy atom. The lowest BCUT2D eigenvalue weighted by molar-refractivity contribution is -0.116. The summed E-state index contributed by atoms with van der Waals surface area (Å²) in [6.45, 7) is 1.26. The highest BCUT2D eigenvalue weighted by Crippen LogP contribution is 2.37. The minimum atomic E-state index is -0.571. The average Bonchev–Trinajstić information content (AvgIpc) is 3.53. The second kappa shape index (κ2) is 9.22. The molecule has 1 N–H and O–H groups in total. The highest BCUT2D eigenvalue weighted by atomic mass is 32.1. The van der Waals surface area contributed by atoms with Crippen molar-refractivity contribution in [1.82, 2.24) is 9.13 Å². The number of rotatable bonds is 7. The van der Waals surface area contributed by atoms with Gasteiger partial charge in [-0.2, -0.15) is 0 Å². The lowest BCUT2D eigenvalue weighted by Gasteiger charge is -2.15. The van der Waals surface area contributed by atoms with Crippen LogP contribution in [0.1, 0.15) is 22.2 Å². The van der Waals surface area contributed by atoms with Gasteiger partial charge in [-0.25, -0.2) is 4.79 Å². The van der Waals surface area contributed by atoms with E-state index in [-0.39, 0.29) is 36.9 Å². The molecule has 0 saturated carbocycles. The van der Waals surface area contributed by atoms with E-state index in [0.29, 0.717) is 28.8 Å². The molecular weight excluding hydrogens is 470 g/mol. The van der Waals surface area contributed by atoms with Gasteiger partial charge in [-0.3, -0.25) is 23.5 Å². The molecule has 4 aromatic rings. The smallest absolute Gasteiger partial charge is 0.331 e. The predicted octanol–water partition coefficient (Wildman–Crippen LogP) is 3.04. The highest BCUT2D eigenvalue weighted by Gasteiger charge is 2.21. The number of thiophene rings is 1. The van der Waals surface area contributed by atoms with Gasteiger partial charge < -0.3 is 14.8 Å². The van der Waals surface area contributed by atoms with Gasteiger partial charge in [0.15, 0.2) is 17.3 Å². The molecule has 1 amide bonds. The zero-order valence-electron chi connectivity index (χ0n) is 18.8. The Kier molecular flexibility index (Phi) is 5.96. The number of carbonyl (C=O) groups is 2. The number of aromatic nitrogens is 2. The molecule has 0 radical (unpaired) electrons. The summed E-state index contributed by atoms with van der Waals surface area (Å²) in [5.41, 5.74) is -0.0790. The van der Waals surface area contributed by atoms with E-state index < -0.39 is 17.2 Å². The molecule has 2 aromatic heterocycles. The fourth-order valence-corrected chi connectivity index (χ4v) is 4.77. The van der Waals surface area contributed by atoms with Crippen molar-refractivity contribution < 1.29 is 19.1 Å². The third kappa shape index (κ3) is 4.35. The maximum atomic E-state index is 13.3. The number of ketones is 1. The number of hydrogen-bond acceptors (Lipinski definition) is 7. The molecule has 2 aromatic carbocycles. The molecule has 10 heteroatoms. The van der Waals surface area contributed by atoms with Gasteiger partial charge in [0.25, 0.3) is 5.56 Å². The Morgan fingerprint density at radius 2 is 1.80 bits per heavy atom. The molecule has 0 fully saturated rings. The number of fused-ring (bicyclic) bond motifs is 2. The minimum absolute atomic E-state index is 0.0263. The lowest BCUT2D eigenvalue weighted by atomic mass is 10.1. The standard InChI is InChI=1S/C25H21N3O6S/c1-15(29)18-11-21-22(34-14-33-21)12-19(18)26-23(30)13-28-20-7-3-2-6-17(20)24(31)27(25(28)32)9-8-16-5-4-10-35-16/h2-7,10-12H,8-9,13-14H2,1H3,(H,26,30). The van der Waals surface area contributed by atoms with Gasteiger partial charge in [0.1, 0.15) is 6.54 Å². The zero-order valence-corrected chi connectivity index (χ0v) is 19.6. The number of para-hydroxylation sites is 1. The molecule has 5 rings (SSSR count). The number of Topliss-reactive ketones (excluding diaryl/α,β-unsaturated/α-hetero) is 1. The first kappa shape index (κ1) is 22.6. The third-order valence-electron chi connectivity index (χ3n) is 5.76. The highest BCUT2D eigenvalue weighted by molar-refractivity contribution is 7.09. The van der Waals surface area contributed by atoms with Gasteiger partial charge in [-0.05, 0) is 43.0 Å². The largest absolute Gasteiger partial charge is 0.454 e. The van der Waals surface area contributed by atoms with E-state index in [0.717, 1.165) is 9.44 Å². The van der Waals surface area contributed by atoms with E-state index in [9.17, 15) is 19.2 Å². The van der Waals surface area contributed by atoms with Crippen LogP contribution in [0.15, 0.2) is 63.5 Å². The number of nitrogens with one attached hydrogen (secondary N) is 1. The second-order valence-electron chi connectivity index (χ2n) is 8.03. The maximum Gasteiger partial charge on any atom is 0.331 e. The first-order chi connectivity index (χ1) is 16.9. The average molecular weight is 492 g/mol. The summed E-state index contributed by atoms with van der Waals surface area (Å²) in [5.74, 6) is 0.0497. The summed E-state index contributed by atoms with van der Waals surface area (Å²) in [6, 6.07) is 13.6. The number of benzene rings is 2. The molecule has 1 aliphatic rings. The lowest BCUT2D eigenvalue weighted by Crippen LogP contribution is -2.42. The van der Waals surface area contributed by atoms with Crippen LogP contribution in [0.2, 0.25) is 0 Å². The summed E-state index contributed by atoms with van der Waals surface area (Å²) >= 11 is 1.55. The van der Waals surface area contributed by atoms with Crippen molar-refractivity contribution in [3.63, 3.8) is 0 Å². The Hall–Kier alpha value is -4.18. The maximum absolute atomic E-state index is 13.3. The minimum Gasteiger partial charge on any atom is -0.454 e. The number of aryl methyl sites for hydroxylation is 1. The molecule has 178 valence electrons. The van der Waals surface area contributed by atoms with E-state index >= 15 is 0 Å². The van der Waals surface area contributed by atoms with Gasteiger partial charge in [-0.1, -0.05) is 18.2 Å². The summed E-state index contributed by atoms with van der Waals surface area (Å²) < 4.78 is 13.1. The summed E-state index contributed by atoms with van der Waals surface area (Å²) in [4.78, 5) is 52.6. The predicted molar refractivity (Wildman–Crippen MR) is 132 cm³/mol. The first-order valence-electron chi connectivity index (χ1n) is 10.9. The summed E-state index contributed by atoms with van der Waals surface area (Å²) in [7, 11) is 0. The molecule has 0 saturated heterocycles. The summed E-state index contributed by atoms with van der Waals surface area (Å²) in [5, 5.41) is 4.99. The van der Waals surface area contributed by atoms with E-state index in [2.05, 4.69) is 5.32 Å². The Bertz CT molecular complexity index is 1570. The van der Waals surface area contributed by atoms with E-state index in [1.54, 1.807) is 35.6 Å². The van der Waals surface area contributed by atoms with E-state index in [1.807, 2.05) is 17.5 Å². The van der Waals surface area contributed by atoms with Crippen LogP contribution in [0.5, 0.6) is 11.5 Å². The van der Waals surface area contributed by atoms with Crippen molar-refractivity contribution in [2.45, 2.75) is 26.4 Å².